The van der Waals surface area contributed by atoms with Crippen molar-refractivity contribution < 1.29 is 14.4 Å². The molecule has 1 aromatic rings. The molecule has 4 nitrogen and oxygen atoms in total. The third kappa shape index (κ3) is 2.57. The van der Waals surface area contributed by atoms with Gasteiger partial charge in [0, 0.05) is 24.7 Å². The first-order valence-electron chi connectivity index (χ1n) is 6.37. The Bertz CT molecular complexity index is 561. The molecule has 0 N–H and O–H groups in total. The highest BCUT2D eigenvalue weighted by molar-refractivity contribution is 6.43. The number of fused-ring (bicyclic) bond motifs is 1. The lowest BCUT2D eigenvalue weighted by molar-refractivity contribution is -0.117. The fourth-order valence-corrected chi connectivity index (χ4v) is 2.24. The summed E-state index contributed by atoms with van der Waals surface area (Å²) in [7, 11) is 1.71. The first-order chi connectivity index (χ1) is 8.90. The number of Topliss-reactive ketones (excluding diaryl/α,β-unsaturated/α-hetero) is 2. The largest absolute Gasteiger partial charge is 0.315 e. The van der Waals surface area contributed by atoms with Crippen molar-refractivity contribution in [1.29, 1.82) is 0 Å². The molecule has 1 aliphatic rings. The van der Waals surface area contributed by atoms with Crippen molar-refractivity contribution >= 4 is 23.2 Å². The average Bonchev–Trinajstić information content (AvgIpc) is 2.63. The third-order valence-electron chi connectivity index (χ3n) is 3.27. The molecule has 0 fully saturated rings. The number of nitrogens with zero attached hydrogens (tertiary/aromatic N) is 1. The molecule has 0 aliphatic carbocycles. The van der Waals surface area contributed by atoms with E-state index in [1.165, 1.54) is 0 Å². The van der Waals surface area contributed by atoms with Gasteiger partial charge in [-0.3, -0.25) is 14.4 Å². The molecule has 1 amide bonds. The van der Waals surface area contributed by atoms with Gasteiger partial charge in [-0.25, -0.2) is 0 Å². The number of rotatable bonds is 4. The average molecular weight is 259 g/mol. The second-order valence-corrected chi connectivity index (χ2v) is 5.32. The number of carbonyl (C=O) groups is 3. The van der Waals surface area contributed by atoms with E-state index in [0.29, 0.717) is 12.0 Å². The summed E-state index contributed by atoms with van der Waals surface area (Å²) >= 11 is 0. The molecule has 100 valence electrons. The molecule has 1 heterocycles. The zero-order valence-corrected chi connectivity index (χ0v) is 11.4. The molecule has 1 aromatic carbocycles. The van der Waals surface area contributed by atoms with Crippen molar-refractivity contribution in [2.75, 3.05) is 11.9 Å². The summed E-state index contributed by atoms with van der Waals surface area (Å²) in [4.78, 5) is 36.9. The van der Waals surface area contributed by atoms with Crippen LogP contribution in [-0.2, 0) is 16.0 Å². The Balaban J connectivity index is 2.24. The van der Waals surface area contributed by atoms with Crippen molar-refractivity contribution in [3.63, 3.8) is 0 Å². The zero-order valence-electron chi connectivity index (χ0n) is 11.4. The Morgan fingerprint density at radius 2 is 2.00 bits per heavy atom. The standard InChI is InChI=1S/C15H17NO3/c1-9(2)6-13(17)15(19)10-4-5-12-11(7-10)8-14(18)16(12)3/h4-5,7,9H,6,8H2,1-3H3. The summed E-state index contributed by atoms with van der Waals surface area (Å²) in [5.41, 5.74) is 2.01. The number of ketones is 2. The van der Waals surface area contributed by atoms with E-state index in [1.807, 2.05) is 13.8 Å². The summed E-state index contributed by atoms with van der Waals surface area (Å²) in [6.45, 7) is 3.81. The molecule has 4 heteroatoms. The predicted molar refractivity (Wildman–Crippen MR) is 72.3 cm³/mol. The second-order valence-electron chi connectivity index (χ2n) is 5.32. The van der Waals surface area contributed by atoms with Crippen LogP contribution in [0.15, 0.2) is 18.2 Å². The maximum Gasteiger partial charge on any atom is 0.231 e. The first-order valence-corrected chi connectivity index (χ1v) is 6.37. The lowest BCUT2D eigenvalue weighted by Gasteiger charge is -2.10. The summed E-state index contributed by atoms with van der Waals surface area (Å²) in [6, 6.07) is 5.02. The lowest BCUT2D eigenvalue weighted by atomic mass is 9.98. The molecule has 19 heavy (non-hydrogen) atoms. The van der Waals surface area contributed by atoms with Crippen molar-refractivity contribution in [2.45, 2.75) is 26.7 Å². The van der Waals surface area contributed by atoms with Crippen LogP contribution in [-0.4, -0.2) is 24.5 Å². The molecule has 0 saturated heterocycles. The van der Waals surface area contributed by atoms with Crippen LogP contribution in [0.3, 0.4) is 0 Å². The van der Waals surface area contributed by atoms with Gasteiger partial charge in [0.15, 0.2) is 0 Å². The molecule has 1 aliphatic heterocycles. The maximum absolute atomic E-state index is 12.0. The Hall–Kier alpha value is -1.97. The predicted octanol–water partition coefficient (Wildman–Crippen LogP) is 2.00. The minimum absolute atomic E-state index is 0.00751. The van der Waals surface area contributed by atoms with Crippen molar-refractivity contribution in [2.24, 2.45) is 5.92 Å². The van der Waals surface area contributed by atoms with Crippen molar-refractivity contribution in [3.8, 4) is 0 Å². The first kappa shape index (κ1) is 13.5. The van der Waals surface area contributed by atoms with Crippen LogP contribution in [0.1, 0.15) is 36.2 Å². The fourth-order valence-electron chi connectivity index (χ4n) is 2.24. The van der Waals surface area contributed by atoms with Crippen LogP contribution in [0.25, 0.3) is 0 Å². The Labute approximate surface area is 112 Å². The van der Waals surface area contributed by atoms with E-state index in [0.717, 1.165) is 11.3 Å². The fraction of sp³-hybridized carbons (Fsp3) is 0.400. The van der Waals surface area contributed by atoms with Gasteiger partial charge >= 0.3 is 0 Å². The van der Waals surface area contributed by atoms with E-state index >= 15 is 0 Å². The Morgan fingerprint density at radius 3 is 2.63 bits per heavy atom. The van der Waals surface area contributed by atoms with Crippen LogP contribution < -0.4 is 4.90 Å². The van der Waals surface area contributed by atoms with E-state index < -0.39 is 5.78 Å². The zero-order chi connectivity index (χ0) is 14.2. The van der Waals surface area contributed by atoms with E-state index in [1.54, 1.807) is 30.1 Å². The van der Waals surface area contributed by atoms with Gasteiger partial charge in [-0.1, -0.05) is 13.8 Å². The monoisotopic (exact) mass is 259 g/mol. The molecule has 0 radical (unpaired) electrons. The SMILES string of the molecule is CC(C)CC(=O)C(=O)c1ccc2c(c1)CC(=O)N2C. The Morgan fingerprint density at radius 1 is 1.32 bits per heavy atom. The molecule has 0 spiro atoms. The van der Waals surface area contributed by atoms with Gasteiger partial charge in [0.1, 0.15) is 0 Å². The normalized spacial score (nSPS) is 13.9. The number of carbonyl (C=O) groups excluding carboxylic acids is 3. The van der Waals surface area contributed by atoms with Gasteiger partial charge in [0.05, 0.1) is 6.42 Å². The summed E-state index contributed by atoms with van der Waals surface area (Å²) in [5.74, 6) is -0.655. The lowest BCUT2D eigenvalue weighted by Crippen LogP contribution is -2.20. The van der Waals surface area contributed by atoms with Crippen LogP contribution in [0.4, 0.5) is 5.69 Å². The van der Waals surface area contributed by atoms with Gasteiger partial charge in [-0.15, -0.1) is 0 Å². The molecule has 0 atom stereocenters. The molecular weight excluding hydrogens is 242 g/mol. The number of hydrogen-bond donors (Lipinski definition) is 0. The molecule has 2 rings (SSSR count). The number of likely N-dealkylation sites (N-methyl/N-ethyl adjacent to an activating group) is 1. The molecular formula is C15H17NO3. The van der Waals surface area contributed by atoms with Gasteiger partial charge < -0.3 is 4.90 Å². The number of benzene rings is 1. The molecule has 0 aromatic heterocycles. The number of hydrogen-bond acceptors (Lipinski definition) is 3. The van der Waals surface area contributed by atoms with Crippen LogP contribution in [0.2, 0.25) is 0 Å². The quantitative estimate of drug-likeness (QED) is 0.614. The van der Waals surface area contributed by atoms with E-state index in [-0.39, 0.29) is 24.0 Å². The molecule has 0 unspecified atom stereocenters. The third-order valence-corrected chi connectivity index (χ3v) is 3.27. The minimum atomic E-state index is -0.460. The highest BCUT2D eigenvalue weighted by atomic mass is 16.2. The summed E-state index contributed by atoms with van der Waals surface area (Å²) in [5, 5.41) is 0. The summed E-state index contributed by atoms with van der Waals surface area (Å²) in [6.07, 6.45) is 0.556. The maximum atomic E-state index is 12.0. The minimum Gasteiger partial charge on any atom is -0.315 e. The Kier molecular flexibility index (Phi) is 3.51. The van der Waals surface area contributed by atoms with Crippen LogP contribution in [0, 0.1) is 5.92 Å². The highest BCUT2D eigenvalue weighted by Gasteiger charge is 2.26. The van der Waals surface area contributed by atoms with Crippen LogP contribution in [0.5, 0.6) is 0 Å². The van der Waals surface area contributed by atoms with Crippen molar-refractivity contribution in [1.82, 2.24) is 0 Å². The van der Waals surface area contributed by atoms with Gasteiger partial charge in [0.25, 0.3) is 0 Å². The van der Waals surface area contributed by atoms with E-state index in [4.69, 9.17) is 0 Å². The number of amides is 1. The van der Waals surface area contributed by atoms with E-state index in [9.17, 15) is 14.4 Å². The molecule has 0 saturated carbocycles. The van der Waals surface area contributed by atoms with Crippen LogP contribution >= 0.6 is 0 Å². The van der Waals surface area contributed by atoms with Gasteiger partial charge in [-0.05, 0) is 29.7 Å². The topological polar surface area (TPSA) is 54.5 Å². The van der Waals surface area contributed by atoms with Gasteiger partial charge in [0.2, 0.25) is 17.5 Å². The van der Waals surface area contributed by atoms with E-state index in [2.05, 4.69) is 0 Å². The molecule has 0 bridgehead atoms. The van der Waals surface area contributed by atoms with Gasteiger partial charge in [-0.2, -0.15) is 0 Å². The number of anilines is 1. The second kappa shape index (κ2) is 4.96. The van der Waals surface area contributed by atoms with Crippen molar-refractivity contribution in [3.05, 3.63) is 29.3 Å². The smallest absolute Gasteiger partial charge is 0.231 e. The highest BCUT2D eigenvalue weighted by Crippen LogP contribution is 2.28. The summed E-state index contributed by atoms with van der Waals surface area (Å²) < 4.78 is 0.